The number of benzene rings is 1. The van der Waals surface area contributed by atoms with Gasteiger partial charge in [-0.05, 0) is 25.5 Å². The van der Waals surface area contributed by atoms with Gasteiger partial charge in [0.1, 0.15) is 6.61 Å². The Labute approximate surface area is 109 Å². The first kappa shape index (κ1) is 14.9. The Kier molecular flexibility index (Phi) is 5.25. The highest BCUT2D eigenvalue weighted by molar-refractivity contribution is 5.72. The Morgan fingerprint density at radius 2 is 2.21 bits per heavy atom. The molecule has 7 nitrogen and oxygen atoms in total. The third-order valence-corrected chi connectivity index (χ3v) is 2.35. The lowest BCUT2D eigenvalue weighted by Crippen LogP contribution is -2.30. The number of carboxylic acid groups (broad SMARTS) is 1. The van der Waals surface area contributed by atoms with E-state index in [4.69, 9.17) is 14.6 Å². The molecular formula is C12H15NO6. The van der Waals surface area contributed by atoms with Crippen molar-refractivity contribution >= 4 is 11.7 Å². The zero-order valence-corrected chi connectivity index (χ0v) is 10.7. The molecule has 0 saturated carbocycles. The minimum Gasteiger partial charge on any atom is -0.483 e. The van der Waals surface area contributed by atoms with Gasteiger partial charge >= 0.3 is 11.7 Å². The number of carbonyl (C=O) groups is 1. The lowest BCUT2D eigenvalue weighted by atomic mass is 10.2. The average Bonchev–Trinajstić information content (AvgIpc) is 2.33. The zero-order chi connectivity index (χ0) is 14.4. The molecule has 1 rings (SSSR count). The summed E-state index contributed by atoms with van der Waals surface area (Å²) >= 11 is 0. The molecule has 1 atom stereocenters. The lowest BCUT2D eigenvalue weighted by Gasteiger charge is -2.13. The molecule has 0 amide bonds. The molecule has 0 radical (unpaired) electrons. The summed E-state index contributed by atoms with van der Waals surface area (Å²) in [5, 5.41) is 19.7. The summed E-state index contributed by atoms with van der Waals surface area (Å²) < 4.78 is 10.2. The molecule has 0 bridgehead atoms. The Morgan fingerprint density at radius 1 is 1.53 bits per heavy atom. The molecule has 0 aliphatic heterocycles. The predicted octanol–water partition coefficient (Wildman–Crippen LogP) is 1.77. The molecule has 7 heteroatoms. The van der Waals surface area contributed by atoms with Crippen LogP contribution in [0.5, 0.6) is 5.75 Å². The van der Waals surface area contributed by atoms with Crippen molar-refractivity contribution in [3.05, 3.63) is 33.9 Å². The van der Waals surface area contributed by atoms with Crippen LogP contribution in [0.3, 0.4) is 0 Å². The Balaban J connectivity index is 2.83. The van der Waals surface area contributed by atoms with Crippen molar-refractivity contribution in [2.24, 2.45) is 0 Å². The first-order chi connectivity index (χ1) is 8.95. The van der Waals surface area contributed by atoms with Crippen molar-refractivity contribution in [3.8, 4) is 5.75 Å². The van der Waals surface area contributed by atoms with Gasteiger partial charge in [0.2, 0.25) is 0 Å². The molecule has 0 aliphatic carbocycles. The van der Waals surface area contributed by atoms with Gasteiger partial charge in [-0.15, -0.1) is 0 Å². The Hall–Kier alpha value is -2.15. The SMILES string of the molecule is CCOC(COc1cc(C)ccc1[N+](=O)[O-])C(=O)O. The van der Waals surface area contributed by atoms with Gasteiger partial charge < -0.3 is 14.6 Å². The molecule has 0 aromatic heterocycles. The molecule has 104 valence electrons. The summed E-state index contributed by atoms with van der Waals surface area (Å²) in [4.78, 5) is 21.1. The van der Waals surface area contributed by atoms with E-state index >= 15 is 0 Å². The molecule has 0 aliphatic rings. The minimum atomic E-state index is -1.17. The molecule has 0 saturated heterocycles. The zero-order valence-electron chi connectivity index (χ0n) is 10.7. The summed E-state index contributed by atoms with van der Waals surface area (Å²) in [5.74, 6) is -1.13. The van der Waals surface area contributed by atoms with Crippen molar-refractivity contribution in [1.29, 1.82) is 0 Å². The number of aryl methyl sites for hydroxylation is 1. The highest BCUT2D eigenvalue weighted by atomic mass is 16.6. The van der Waals surface area contributed by atoms with Gasteiger partial charge in [0.25, 0.3) is 0 Å². The molecule has 1 unspecified atom stereocenters. The van der Waals surface area contributed by atoms with E-state index in [1.54, 1.807) is 19.9 Å². The van der Waals surface area contributed by atoms with Crippen LogP contribution in [0.2, 0.25) is 0 Å². The smallest absolute Gasteiger partial charge is 0.336 e. The quantitative estimate of drug-likeness (QED) is 0.598. The molecule has 0 spiro atoms. The standard InChI is InChI=1S/C12H15NO6/c1-3-18-11(12(14)15)7-19-10-6-8(2)4-5-9(10)13(16)17/h4-6,11H,3,7H2,1-2H3,(H,14,15). The fourth-order valence-corrected chi connectivity index (χ4v) is 1.45. The normalized spacial score (nSPS) is 11.9. The van der Waals surface area contributed by atoms with Crippen LogP contribution < -0.4 is 4.74 Å². The number of nitro benzene ring substituents is 1. The summed E-state index contributed by atoms with van der Waals surface area (Å²) in [5.41, 5.74) is 0.579. The number of nitro groups is 1. The van der Waals surface area contributed by atoms with Crippen LogP contribution in [0, 0.1) is 17.0 Å². The second kappa shape index (κ2) is 6.69. The third kappa shape index (κ3) is 4.22. The highest BCUT2D eigenvalue weighted by Crippen LogP contribution is 2.27. The van der Waals surface area contributed by atoms with Crippen molar-refractivity contribution in [3.63, 3.8) is 0 Å². The van der Waals surface area contributed by atoms with Gasteiger partial charge in [-0.3, -0.25) is 10.1 Å². The van der Waals surface area contributed by atoms with E-state index in [0.717, 1.165) is 5.56 Å². The molecule has 1 aromatic rings. The van der Waals surface area contributed by atoms with Crippen LogP contribution >= 0.6 is 0 Å². The number of hydrogen-bond acceptors (Lipinski definition) is 5. The topological polar surface area (TPSA) is 98.9 Å². The van der Waals surface area contributed by atoms with Crippen LogP contribution in [0.15, 0.2) is 18.2 Å². The second-order valence-electron chi connectivity index (χ2n) is 3.82. The van der Waals surface area contributed by atoms with E-state index < -0.39 is 17.0 Å². The van der Waals surface area contributed by atoms with Gasteiger partial charge in [0, 0.05) is 12.7 Å². The maximum absolute atomic E-state index is 10.9. The molecule has 0 heterocycles. The van der Waals surface area contributed by atoms with Gasteiger partial charge in [-0.1, -0.05) is 6.07 Å². The van der Waals surface area contributed by atoms with Gasteiger partial charge in [0.15, 0.2) is 11.9 Å². The van der Waals surface area contributed by atoms with Crippen molar-refractivity contribution in [1.82, 2.24) is 0 Å². The van der Waals surface area contributed by atoms with Crippen LogP contribution in [0.1, 0.15) is 12.5 Å². The summed E-state index contributed by atoms with van der Waals surface area (Å²) in [6.07, 6.45) is -1.15. The number of ether oxygens (including phenoxy) is 2. The monoisotopic (exact) mass is 269 g/mol. The van der Waals surface area contributed by atoms with Gasteiger partial charge in [0.05, 0.1) is 4.92 Å². The van der Waals surface area contributed by atoms with E-state index in [0.29, 0.717) is 0 Å². The maximum atomic E-state index is 10.9. The van der Waals surface area contributed by atoms with E-state index in [1.165, 1.54) is 12.1 Å². The Morgan fingerprint density at radius 3 is 2.74 bits per heavy atom. The van der Waals surface area contributed by atoms with Crippen LogP contribution in [0.25, 0.3) is 0 Å². The second-order valence-corrected chi connectivity index (χ2v) is 3.82. The van der Waals surface area contributed by atoms with E-state index in [9.17, 15) is 14.9 Å². The van der Waals surface area contributed by atoms with Gasteiger partial charge in [-0.2, -0.15) is 0 Å². The van der Waals surface area contributed by atoms with Crippen molar-refractivity contribution in [2.45, 2.75) is 20.0 Å². The number of nitrogens with zero attached hydrogens (tertiary/aromatic N) is 1. The number of carboxylic acids is 1. The Bertz CT molecular complexity index is 473. The predicted molar refractivity (Wildman–Crippen MR) is 66.4 cm³/mol. The number of aliphatic carboxylic acids is 1. The lowest BCUT2D eigenvalue weighted by molar-refractivity contribution is -0.385. The first-order valence-electron chi connectivity index (χ1n) is 5.68. The minimum absolute atomic E-state index is 0.0379. The van der Waals surface area contributed by atoms with Crippen LogP contribution in [-0.4, -0.2) is 35.3 Å². The van der Waals surface area contributed by atoms with E-state index in [2.05, 4.69) is 0 Å². The maximum Gasteiger partial charge on any atom is 0.336 e. The fourth-order valence-electron chi connectivity index (χ4n) is 1.45. The number of hydrogen-bond donors (Lipinski definition) is 1. The number of rotatable bonds is 7. The molecular weight excluding hydrogens is 254 g/mol. The van der Waals surface area contributed by atoms with Crippen molar-refractivity contribution < 1.29 is 24.3 Å². The average molecular weight is 269 g/mol. The molecule has 0 fully saturated rings. The summed E-state index contributed by atoms with van der Waals surface area (Å²) in [7, 11) is 0. The molecule has 1 aromatic carbocycles. The van der Waals surface area contributed by atoms with E-state index in [-0.39, 0.29) is 24.7 Å². The van der Waals surface area contributed by atoms with Gasteiger partial charge in [-0.25, -0.2) is 4.79 Å². The summed E-state index contributed by atoms with van der Waals surface area (Å²) in [6, 6.07) is 4.40. The highest BCUT2D eigenvalue weighted by Gasteiger charge is 2.21. The van der Waals surface area contributed by atoms with E-state index in [1.807, 2.05) is 0 Å². The molecule has 1 N–H and O–H groups in total. The van der Waals surface area contributed by atoms with Crippen LogP contribution in [0.4, 0.5) is 5.69 Å². The first-order valence-corrected chi connectivity index (χ1v) is 5.68. The van der Waals surface area contributed by atoms with Crippen LogP contribution in [-0.2, 0) is 9.53 Å². The largest absolute Gasteiger partial charge is 0.483 e. The van der Waals surface area contributed by atoms with Crippen molar-refractivity contribution in [2.75, 3.05) is 13.2 Å². The fraction of sp³-hybridized carbons (Fsp3) is 0.417. The summed E-state index contributed by atoms with van der Waals surface area (Å²) in [6.45, 7) is 3.35. The third-order valence-electron chi connectivity index (χ3n) is 2.35. The molecule has 19 heavy (non-hydrogen) atoms.